The summed E-state index contributed by atoms with van der Waals surface area (Å²) in [5.74, 6) is 1.75. The van der Waals surface area contributed by atoms with Gasteiger partial charge in [0.15, 0.2) is 0 Å². The van der Waals surface area contributed by atoms with Gasteiger partial charge in [-0.3, -0.25) is 0 Å². The number of aryl methyl sites for hydroxylation is 2. The minimum Gasteiger partial charge on any atom is -0.491 e. The normalized spacial score (nSPS) is 17.1. The third-order valence-electron chi connectivity index (χ3n) is 4.22. The molecule has 0 bridgehead atoms. The zero-order chi connectivity index (χ0) is 15.1. The second-order valence-electron chi connectivity index (χ2n) is 6.43. The molecule has 1 aromatic rings. The summed E-state index contributed by atoms with van der Waals surface area (Å²) in [4.78, 5) is 0. The van der Waals surface area contributed by atoms with E-state index in [0.29, 0.717) is 13.2 Å². The highest BCUT2D eigenvalue weighted by Crippen LogP contribution is 2.26. The molecule has 1 aliphatic rings. The van der Waals surface area contributed by atoms with Crippen molar-refractivity contribution in [2.45, 2.75) is 52.1 Å². The van der Waals surface area contributed by atoms with Gasteiger partial charge in [0, 0.05) is 6.54 Å². The lowest BCUT2D eigenvalue weighted by atomic mass is 10.0. The molecule has 0 spiro atoms. The number of nitrogens with one attached hydrogen (secondary N) is 1. The van der Waals surface area contributed by atoms with Crippen LogP contribution in [0.1, 0.15) is 43.2 Å². The summed E-state index contributed by atoms with van der Waals surface area (Å²) in [5, 5.41) is 13.3. The fourth-order valence-corrected chi connectivity index (χ4v) is 3.14. The molecule has 1 aromatic carbocycles. The van der Waals surface area contributed by atoms with Gasteiger partial charge in [-0.15, -0.1) is 0 Å². The lowest BCUT2D eigenvalue weighted by molar-refractivity contribution is 0.106. The third-order valence-corrected chi connectivity index (χ3v) is 4.22. The summed E-state index contributed by atoms with van der Waals surface area (Å²) < 4.78 is 5.67. The van der Waals surface area contributed by atoms with Crippen LogP contribution >= 0.6 is 0 Å². The number of hydrogen-bond acceptors (Lipinski definition) is 3. The summed E-state index contributed by atoms with van der Waals surface area (Å²) in [7, 11) is 0. The monoisotopic (exact) mass is 291 g/mol. The van der Waals surface area contributed by atoms with E-state index in [0.717, 1.165) is 18.2 Å². The van der Waals surface area contributed by atoms with Gasteiger partial charge >= 0.3 is 0 Å². The number of ether oxygens (including phenoxy) is 1. The van der Waals surface area contributed by atoms with Crippen LogP contribution in [0, 0.1) is 19.8 Å². The van der Waals surface area contributed by atoms with Gasteiger partial charge in [-0.25, -0.2) is 0 Å². The van der Waals surface area contributed by atoms with Gasteiger partial charge < -0.3 is 15.2 Å². The van der Waals surface area contributed by atoms with Crippen LogP contribution in [0.4, 0.5) is 0 Å². The first-order valence-corrected chi connectivity index (χ1v) is 8.23. The summed E-state index contributed by atoms with van der Waals surface area (Å²) in [6.07, 6.45) is 6.37. The first-order chi connectivity index (χ1) is 10.1. The van der Waals surface area contributed by atoms with Crippen molar-refractivity contribution in [1.29, 1.82) is 0 Å². The Hall–Kier alpha value is -1.06. The van der Waals surface area contributed by atoms with Gasteiger partial charge in [-0.1, -0.05) is 31.7 Å². The van der Waals surface area contributed by atoms with Crippen molar-refractivity contribution in [1.82, 2.24) is 5.32 Å². The second-order valence-corrected chi connectivity index (χ2v) is 6.43. The molecular weight excluding hydrogens is 262 g/mol. The van der Waals surface area contributed by atoms with Crippen molar-refractivity contribution in [3.63, 3.8) is 0 Å². The Morgan fingerprint density at radius 2 is 1.86 bits per heavy atom. The maximum Gasteiger partial charge on any atom is 0.119 e. The van der Waals surface area contributed by atoms with E-state index in [1.54, 1.807) is 0 Å². The molecule has 0 aromatic heterocycles. The van der Waals surface area contributed by atoms with Gasteiger partial charge in [0.2, 0.25) is 0 Å². The molecule has 2 rings (SSSR count). The Kier molecular flexibility index (Phi) is 6.52. The minimum atomic E-state index is -0.450. The van der Waals surface area contributed by atoms with E-state index < -0.39 is 6.10 Å². The van der Waals surface area contributed by atoms with Gasteiger partial charge in [0.1, 0.15) is 18.5 Å². The van der Waals surface area contributed by atoms with Crippen LogP contribution in [-0.4, -0.2) is 30.9 Å². The molecule has 1 unspecified atom stereocenters. The van der Waals surface area contributed by atoms with Crippen molar-refractivity contribution < 1.29 is 9.84 Å². The fraction of sp³-hybridized carbons (Fsp3) is 0.667. The van der Waals surface area contributed by atoms with E-state index in [-0.39, 0.29) is 0 Å². The van der Waals surface area contributed by atoms with Crippen LogP contribution in [0.15, 0.2) is 18.2 Å². The van der Waals surface area contributed by atoms with Crippen LogP contribution in [0.3, 0.4) is 0 Å². The Morgan fingerprint density at radius 3 is 2.52 bits per heavy atom. The molecule has 0 aliphatic heterocycles. The number of aliphatic hydroxyl groups is 1. The molecule has 0 radical (unpaired) electrons. The predicted molar refractivity (Wildman–Crippen MR) is 86.9 cm³/mol. The topological polar surface area (TPSA) is 41.5 Å². The molecule has 2 N–H and O–H groups in total. The Bertz CT molecular complexity index is 407. The predicted octanol–water partition coefficient (Wildman–Crippen LogP) is 3.21. The molecule has 3 nitrogen and oxygen atoms in total. The number of benzene rings is 1. The average Bonchev–Trinajstić information content (AvgIpc) is 2.93. The molecule has 0 saturated heterocycles. The number of rotatable bonds is 8. The van der Waals surface area contributed by atoms with Crippen LogP contribution in [-0.2, 0) is 0 Å². The van der Waals surface area contributed by atoms with E-state index in [2.05, 4.69) is 25.2 Å². The first-order valence-electron chi connectivity index (χ1n) is 8.23. The number of aliphatic hydroxyl groups excluding tert-OH is 1. The zero-order valence-electron chi connectivity index (χ0n) is 13.4. The van der Waals surface area contributed by atoms with Crippen molar-refractivity contribution in [2.75, 3.05) is 19.7 Å². The molecule has 118 valence electrons. The quantitative estimate of drug-likeness (QED) is 0.723. The molecule has 21 heavy (non-hydrogen) atoms. The van der Waals surface area contributed by atoms with Crippen LogP contribution < -0.4 is 10.1 Å². The van der Waals surface area contributed by atoms with E-state index in [1.807, 2.05) is 12.1 Å². The number of hydrogen-bond donors (Lipinski definition) is 2. The van der Waals surface area contributed by atoms with Crippen LogP contribution in [0.2, 0.25) is 0 Å². The highest BCUT2D eigenvalue weighted by molar-refractivity contribution is 5.32. The molecule has 1 saturated carbocycles. The highest BCUT2D eigenvalue weighted by atomic mass is 16.5. The molecule has 0 heterocycles. The summed E-state index contributed by atoms with van der Waals surface area (Å²) >= 11 is 0. The largest absolute Gasteiger partial charge is 0.491 e. The van der Waals surface area contributed by atoms with Crippen molar-refractivity contribution in [3.8, 4) is 5.75 Å². The maximum absolute atomic E-state index is 9.95. The Balaban J connectivity index is 1.59. The minimum absolute atomic E-state index is 0.347. The van der Waals surface area contributed by atoms with E-state index in [1.165, 1.54) is 43.2 Å². The van der Waals surface area contributed by atoms with Crippen molar-refractivity contribution in [3.05, 3.63) is 29.3 Å². The highest BCUT2D eigenvalue weighted by Gasteiger charge is 2.14. The van der Waals surface area contributed by atoms with Gasteiger partial charge in [-0.05, 0) is 56.0 Å². The standard InChI is InChI=1S/C18H29NO2/c1-14-9-15(2)11-18(10-14)21-13-17(20)12-19-8-7-16-5-3-4-6-16/h9-11,16-17,19-20H,3-8,12-13H2,1-2H3. The lowest BCUT2D eigenvalue weighted by Crippen LogP contribution is -2.32. The third kappa shape index (κ3) is 6.06. The van der Waals surface area contributed by atoms with E-state index in [4.69, 9.17) is 4.74 Å². The Morgan fingerprint density at radius 1 is 1.19 bits per heavy atom. The SMILES string of the molecule is Cc1cc(C)cc(OCC(O)CNCCC2CCCC2)c1. The Labute approximate surface area is 128 Å². The van der Waals surface area contributed by atoms with Gasteiger partial charge in [0.05, 0.1) is 0 Å². The van der Waals surface area contributed by atoms with E-state index >= 15 is 0 Å². The fourth-order valence-electron chi connectivity index (χ4n) is 3.14. The smallest absolute Gasteiger partial charge is 0.119 e. The molecule has 1 aliphatic carbocycles. The lowest BCUT2D eigenvalue weighted by Gasteiger charge is -2.15. The first kappa shape index (κ1) is 16.3. The maximum atomic E-state index is 9.95. The second kappa shape index (κ2) is 8.40. The molecule has 1 atom stereocenters. The summed E-state index contributed by atoms with van der Waals surface area (Å²) in [6, 6.07) is 6.13. The summed E-state index contributed by atoms with van der Waals surface area (Å²) in [6.45, 7) is 6.07. The molecular formula is C18H29NO2. The van der Waals surface area contributed by atoms with Gasteiger partial charge in [0.25, 0.3) is 0 Å². The van der Waals surface area contributed by atoms with Crippen molar-refractivity contribution in [2.24, 2.45) is 5.92 Å². The van der Waals surface area contributed by atoms with Crippen molar-refractivity contribution >= 4 is 0 Å². The molecule has 3 heteroatoms. The van der Waals surface area contributed by atoms with Crippen LogP contribution in [0.5, 0.6) is 5.75 Å². The van der Waals surface area contributed by atoms with Crippen LogP contribution in [0.25, 0.3) is 0 Å². The van der Waals surface area contributed by atoms with E-state index in [9.17, 15) is 5.11 Å². The summed E-state index contributed by atoms with van der Waals surface area (Å²) in [5.41, 5.74) is 2.38. The molecule has 1 fully saturated rings. The average molecular weight is 291 g/mol. The zero-order valence-corrected chi connectivity index (χ0v) is 13.4. The molecule has 0 amide bonds. The van der Waals surface area contributed by atoms with Gasteiger partial charge in [-0.2, -0.15) is 0 Å².